The maximum Gasteiger partial charge on any atom is 0.137 e. The van der Waals surface area contributed by atoms with E-state index in [0.29, 0.717) is 6.04 Å². The van der Waals surface area contributed by atoms with Crippen LogP contribution in [0.1, 0.15) is 31.2 Å². The Bertz CT molecular complexity index is 615. The fraction of sp³-hybridized carbons (Fsp3) is 0.529. The monoisotopic (exact) mass is 284 g/mol. The number of hydrogen-bond acceptors (Lipinski definition) is 4. The number of nitrogens with one attached hydrogen (secondary N) is 1. The van der Waals surface area contributed by atoms with E-state index in [2.05, 4.69) is 59.4 Å². The Kier molecular flexibility index (Phi) is 4.06. The molecule has 0 amide bonds. The van der Waals surface area contributed by atoms with Gasteiger partial charge in [0.1, 0.15) is 12.1 Å². The zero-order valence-electron chi connectivity index (χ0n) is 13.1. The lowest BCUT2D eigenvalue weighted by Gasteiger charge is -2.33. The third-order valence-corrected chi connectivity index (χ3v) is 4.56. The van der Waals surface area contributed by atoms with Gasteiger partial charge in [-0.25, -0.2) is 9.97 Å². The van der Waals surface area contributed by atoms with Crippen molar-refractivity contribution in [3.63, 3.8) is 0 Å². The van der Waals surface area contributed by atoms with E-state index in [4.69, 9.17) is 0 Å². The maximum absolute atomic E-state index is 4.46. The smallest absolute Gasteiger partial charge is 0.137 e. The van der Waals surface area contributed by atoms with Gasteiger partial charge in [0, 0.05) is 17.5 Å². The second-order valence-corrected chi connectivity index (χ2v) is 6.36. The summed E-state index contributed by atoms with van der Waals surface area (Å²) in [4.78, 5) is 11.2. The molecule has 1 N–H and O–H groups in total. The molecule has 0 saturated heterocycles. The quantitative estimate of drug-likeness (QED) is 0.939. The van der Waals surface area contributed by atoms with Gasteiger partial charge in [0.15, 0.2) is 0 Å². The molecule has 3 rings (SSSR count). The third-order valence-electron chi connectivity index (χ3n) is 4.56. The number of hydrogen-bond donors (Lipinski definition) is 1. The molecule has 0 atom stereocenters. The number of nitrogens with zero attached hydrogens (tertiary/aromatic N) is 3. The minimum absolute atomic E-state index is 0.528. The SMILES string of the molecule is Cc1ccc2ncnc(NC3CCC(N(C)C)CC3)c2c1. The van der Waals surface area contributed by atoms with Crippen LogP contribution in [0.25, 0.3) is 10.9 Å². The molecule has 1 fully saturated rings. The number of aromatic nitrogens is 2. The summed E-state index contributed by atoms with van der Waals surface area (Å²) < 4.78 is 0. The van der Waals surface area contributed by atoms with Gasteiger partial charge >= 0.3 is 0 Å². The van der Waals surface area contributed by atoms with Crippen LogP contribution in [-0.2, 0) is 0 Å². The van der Waals surface area contributed by atoms with Crippen LogP contribution in [0.2, 0.25) is 0 Å². The Hall–Kier alpha value is -1.68. The summed E-state index contributed by atoms with van der Waals surface area (Å²) in [5.41, 5.74) is 2.26. The van der Waals surface area contributed by atoms with Gasteiger partial charge in [-0.05, 0) is 58.8 Å². The topological polar surface area (TPSA) is 41.1 Å². The molecule has 1 heterocycles. The molecular weight excluding hydrogens is 260 g/mol. The van der Waals surface area contributed by atoms with Crippen LogP contribution >= 0.6 is 0 Å². The molecule has 0 spiro atoms. The van der Waals surface area contributed by atoms with Crippen LogP contribution < -0.4 is 5.32 Å². The van der Waals surface area contributed by atoms with Gasteiger partial charge in [0.25, 0.3) is 0 Å². The Labute approximate surface area is 126 Å². The van der Waals surface area contributed by atoms with E-state index in [0.717, 1.165) is 22.8 Å². The fourth-order valence-electron chi connectivity index (χ4n) is 3.22. The van der Waals surface area contributed by atoms with Gasteiger partial charge in [-0.1, -0.05) is 11.6 Å². The Morgan fingerprint density at radius 1 is 1.10 bits per heavy atom. The van der Waals surface area contributed by atoms with Crippen molar-refractivity contribution in [3.8, 4) is 0 Å². The molecule has 1 saturated carbocycles. The first kappa shape index (κ1) is 14.3. The molecule has 0 radical (unpaired) electrons. The molecule has 21 heavy (non-hydrogen) atoms. The molecule has 1 aliphatic rings. The highest BCUT2D eigenvalue weighted by Crippen LogP contribution is 2.27. The van der Waals surface area contributed by atoms with Crippen molar-refractivity contribution in [2.24, 2.45) is 0 Å². The standard InChI is InChI=1S/C17H24N4/c1-12-4-9-16-15(10-12)17(19-11-18-16)20-13-5-7-14(8-6-13)21(2)3/h4,9-11,13-14H,5-8H2,1-3H3,(H,18,19,20). The Morgan fingerprint density at radius 2 is 1.86 bits per heavy atom. The van der Waals surface area contributed by atoms with E-state index in [1.54, 1.807) is 6.33 Å². The van der Waals surface area contributed by atoms with Crippen molar-refractivity contribution in [1.29, 1.82) is 0 Å². The summed E-state index contributed by atoms with van der Waals surface area (Å²) in [5, 5.41) is 4.77. The first-order chi connectivity index (χ1) is 10.1. The summed E-state index contributed by atoms with van der Waals surface area (Å²) in [7, 11) is 4.36. The molecule has 2 aromatic rings. The van der Waals surface area contributed by atoms with E-state index in [-0.39, 0.29) is 0 Å². The van der Waals surface area contributed by atoms with Gasteiger partial charge in [-0.2, -0.15) is 0 Å². The number of benzene rings is 1. The van der Waals surface area contributed by atoms with E-state index in [1.807, 2.05) is 0 Å². The number of aryl methyl sites for hydroxylation is 1. The van der Waals surface area contributed by atoms with Crippen LogP contribution in [0.4, 0.5) is 5.82 Å². The first-order valence-corrected chi connectivity index (χ1v) is 7.78. The summed E-state index contributed by atoms with van der Waals surface area (Å²) >= 11 is 0. The average Bonchev–Trinajstić information content (AvgIpc) is 2.48. The highest BCUT2D eigenvalue weighted by atomic mass is 15.1. The lowest BCUT2D eigenvalue weighted by atomic mass is 9.90. The summed E-state index contributed by atoms with van der Waals surface area (Å²) in [6.07, 6.45) is 6.59. The van der Waals surface area contributed by atoms with Crippen molar-refractivity contribution < 1.29 is 0 Å². The first-order valence-electron chi connectivity index (χ1n) is 7.78. The van der Waals surface area contributed by atoms with Gasteiger partial charge in [-0.3, -0.25) is 0 Å². The molecule has 1 aromatic heterocycles. The van der Waals surface area contributed by atoms with Crippen LogP contribution in [0, 0.1) is 6.92 Å². The van der Waals surface area contributed by atoms with Gasteiger partial charge in [-0.15, -0.1) is 0 Å². The van der Waals surface area contributed by atoms with Crippen molar-refractivity contribution >= 4 is 16.7 Å². The maximum atomic E-state index is 4.46. The minimum Gasteiger partial charge on any atom is -0.367 e. The molecule has 1 aliphatic carbocycles. The molecule has 0 unspecified atom stereocenters. The number of fused-ring (bicyclic) bond motifs is 1. The molecule has 0 aliphatic heterocycles. The second-order valence-electron chi connectivity index (χ2n) is 6.36. The lowest BCUT2D eigenvalue weighted by Crippen LogP contribution is -2.36. The van der Waals surface area contributed by atoms with Gasteiger partial charge in [0.2, 0.25) is 0 Å². The van der Waals surface area contributed by atoms with Crippen LogP contribution in [0.3, 0.4) is 0 Å². The molecule has 4 heteroatoms. The zero-order valence-corrected chi connectivity index (χ0v) is 13.1. The second kappa shape index (κ2) is 5.98. The van der Waals surface area contributed by atoms with Crippen molar-refractivity contribution in [3.05, 3.63) is 30.1 Å². The van der Waals surface area contributed by atoms with Gasteiger partial charge in [0.05, 0.1) is 5.52 Å². The summed E-state index contributed by atoms with van der Waals surface area (Å²) in [6.45, 7) is 2.11. The number of anilines is 1. The number of rotatable bonds is 3. The van der Waals surface area contributed by atoms with Crippen molar-refractivity contribution in [2.45, 2.75) is 44.7 Å². The van der Waals surface area contributed by atoms with E-state index in [1.165, 1.54) is 31.2 Å². The van der Waals surface area contributed by atoms with Gasteiger partial charge < -0.3 is 10.2 Å². The fourth-order valence-corrected chi connectivity index (χ4v) is 3.22. The van der Waals surface area contributed by atoms with Crippen molar-refractivity contribution in [1.82, 2.24) is 14.9 Å². The lowest BCUT2D eigenvalue weighted by molar-refractivity contribution is 0.221. The van der Waals surface area contributed by atoms with E-state index in [9.17, 15) is 0 Å². The highest BCUT2D eigenvalue weighted by molar-refractivity contribution is 5.89. The predicted octanol–water partition coefficient (Wildman–Crippen LogP) is 3.22. The molecule has 0 bridgehead atoms. The van der Waals surface area contributed by atoms with E-state index < -0.39 is 0 Å². The normalized spacial score (nSPS) is 22.7. The largest absolute Gasteiger partial charge is 0.367 e. The van der Waals surface area contributed by atoms with Crippen molar-refractivity contribution in [2.75, 3.05) is 19.4 Å². The molecular formula is C17H24N4. The molecule has 4 nitrogen and oxygen atoms in total. The summed E-state index contributed by atoms with van der Waals surface area (Å²) in [6, 6.07) is 7.59. The van der Waals surface area contributed by atoms with Crippen LogP contribution in [0.5, 0.6) is 0 Å². The van der Waals surface area contributed by atoms with E-state index >= 15 is 0 Å². The zero-order chi connectivity index (χ0) is 14.8. The Balaban J connectivity index is 1.75. The third kappa shape index (κ3) is 3.16. The predicted molar refractivity (Wildman–Crippen MR) is 87.6 cm³/mol. The minimum atomic E-state index is 0.528. The van der Waals surface area contributed by atoms with Crippen LogP contribution in [0.15, 0.2) is 24.5 Å². The highest BCUT2D eigenvalue weighted by Gasteiger charge is 2.22. The molecule has 112 valence electrons. The summed E-state index contributed by atoms with van der Waals surface area (Å²) in [5.74, 6) is 0.983. The van der Waals surface area contributed by atoms with Crippen LogP contribution in [-0.4, -0.2) is 41.0 Å². The average molecular weight is 284 g/mol. The Morgan fingerprint density at radius 3 is 2.57 bits per heavy atom. The molecule has 1 aromatic carbocycles.